The summed E-state index contributed by atoms with van der Waals surface area (Å²) < 4.78 is 47.1. The van der Waals surface area contributed by atoms with Gasteiger partial charge in [-0.2, -0.15) is 8.78 Å². The highest BCUT2D eigenvalue weighted by Gasteiger charge is 2.55. The molecular weight excluding hydrogens is 349 g/mol. The lowest BCUT2D eigenvalue weighted by Gasteiger charge is -2.24. The summed E-state index contributed by atoms with van der Waals surface area (Å²) in [6.45, 7) is 0.831. The number of rotatable bonds is 5. The number of ether oxygens (including phenoxy) is 1. The number of carboxylic acid groups (broad SMARTS) is 1. The number of nitrogens with one attached hydrogen (secondary N) is 2. The van der Waals surface area contributed by atoms with Crippen molar-refractivity contribution < 1.29 is 42.5 Å². The molecule has 0 aliphatic carbocycles. The van der Waals surface area contributed by atoms with Crippen LogP contribution in [0.25, 0.3) is 0 Å². The second-order valence-electron chi connectivity index (χ2n) is 5.26. The summed E-state index contributed by atoms with van der Waals surface area (Å²) in [5.41, 5.74) is -5.30. The number of alkyl halides is 3. The van der Waals surface area contributed by atoms with Crippen LogP contribution >= 0.6 is 0 Å². The summed E-state index contributed by atoms with van der Waals surface area (Å²) in [7, 11) is 1.04. The van der Waals surface area contributed by atoms with Gasteiger partial charge in [0, 0.05) is 18.1 Å². The number of hydrogen-bond acceptors (Lipinski definition) is 5. The van der Waals surface area contributed by atoms with E-state index in [1.165, 1.54) is 5.32 Å². The topological polar surface area (TPSA) is 125 Å². The lowest BCUT2D eigenvalue weighted by Crippen LogP contribution is -2.43. The van der Waals surface area contributed by atoms with E-state index in [1.807, 2.05) is 5.32 Å². The summed E-state index contributed by atoms with van der Waals surface area (Å²) in [4.78, 5) is 33.8. The highest BCUT2D eigenvalue weighted by molar-refractivity contribution is 6.18. The third-order valence-corrected chi connectivity index (χ3v) is 3.62. The largest absolute Gasteiger partial charge is 0.495 e. The molecule has 0 aromatic heterocycles. The molecule has 0 saturated carbocycles. The fraction of sp³-hybridized carbons (Fsp3) is 0.357. The van der Waals surface area contributed by atoms with Gasteiger partial charge in [0.05, 0.1) is 12.8 Å². The predicted octanol–water partition coefficient (Wildman–Crippen LogP) is 0.443. The monoisotopic (exact) mass is 362 g/mol. The molecule has 0 radical (unpaired) electrons. The van der Waals surface area contributed by atoms with E-state index >= 15 is 0 Å². The second kappa shape index (κ2) is 5.92. The molecule has 0 spiro atoms. The first kappa shape index (κ1) is 18.5. The molecule has 0 fully saturated rings. The fourth-order valence-corrected chi connectivity index (χ4v) is 2.34. The number of anilines is 1. The number of carbonyl (C=O) groups excluding carboxylic acids is 2. The molecule has 0 bridgehead atoms. The molecular formula is C14H13F3N2O6. The number of methoxy groups -OCH3 is 1. The van der Waals surface area contributed by atoms with Crippen LogP contribution in [-0.2, 0) is 25.9 Å². The highest BCUT2D eigenvalue weighted by Crippen LogP contribution is 2.46. The van der Waals surface area contributed by atoms with Gasteiger partial charge in [-0.1, -0.05) is 0 Å². The number of aliphatic carboxylic acids is 1. The number of amides is 2. The summed E-state index contributed by atoms with van der Waals surface area (Å²) >= 11 is 0. The molecule has 11 heteroatoms. The van der Waals surface area contributed by atoms with E-state index in [9.17, 15) is 32.7 Å². The maximum absolute atomic E-state index is 14.3. The third-order valence-electron chi connectivity index (χ3n) is 3.62. The first-order chi connectivity index (χ1) is 11.5. The number of halogens is 3. The van der Waals surface area contributed by atoms with Gasteiger partial charge >= 0.3 is 11.9 Å². The van der Waals surface area contributed by atoms with Crippen molar-refractivity contribution >= 4 is 23.5 Å². The van der Waals surface area contributed by atoms with Crippen LogP contribution in [0, 0.1) is 0 Å². The number of benzene rings is 1. The molecule has 0 saturated heterocycles. The van der Waals surface area contributed by atoms with E-state index in [4.69, 9.17) is 9.84 Å². The van der Waals surface area contributed by atoms with Gasteiger partial charge < -0.3 is 25.6 Å². The van der Waals surface area contributed by atoms with Crippen molar-refractivity contribution in [3.8, 4) is 5.75 Å². The quantitative estimate of drug-likeness (QED) is 0.445. The highest BCUT2D eigenvalue weighted by atomic mass is 19.3. The third kappa shape index (κ3) is 2.76. The van der Waals surface area contributed by atoms with Gasteiger partial charge in [0.15, 0.2) is 0 Å². The average Bonchev–Trinajstić information content (AvgIpc) is 2.78. The van der Waals surface area contributed by atoms with Crippen LogP contribution in [0.5, 0.6) is 5.75 Å². The van der Waals surface area contributed by atoms with E-state index in [0.717, 1.165) is 14.0 Å². The standard InChI is InChI=1S/C14H13F3N2O6/c1-5(20)18-10(15)14(16,17)6-3-7-9(8(4-6)25-2)19-11(21)13(7,24)12(22)23/h3-4,10,24H,1-2H3,(H,18,20)(H,19,21)(H,22,23). The molecule has 1 aliphatic heterocycles. The molecule has 2 amide bonds. The maximum atomic E-state index is 14.3. The molecule has 2 rings (SSSR count). The van der Waals surface area contributed by atoms with Crippen molar-refractivity contribution in [3.63, 3.8) is 0 Å². The van der Waals surface area contributed by atoms with Gasteiger partial charge in [-0.05, 0) is 12.1 Å². The van der Waals surface area contributed by atoms with E-state index < -0.39 is 52.5 Å². The van der Waals surface area contributed by atoms with Gasteiger partial charge in [0.1, 0.15) is 5.75 Å². The molecule has 2 unspecified atom stereocenters. The first-order valence-electron chi connectivity index (χ1n) is 6.75. The van der Waals surface area contributed by atoms with Gasteiger partial charge in [0.25, 0.3) is 11.5 Å². The van der Waals surface area contributed by atoms with Crippen LogP contribution in [-0.4, -0.2) is 41.4 Å². The minimum atomic E-state index is -4.29. The Kier molecular flexibility index (Phi) is 4.38. The van der Waals surface area contributed by atoms with Crippen LogP contribution in [0.1, 0.15) is 18.1 Å². The maximum Gasteiger partial charge on any atom is 0.350 e. The Hall–Kier alpha value is -2.82. The van der Waals surface area contributed by atoms with Crippen molar-refractivity contribution in [2.45, 2.75) is 24.7 Å². The van der Waals surface area contributed by atoms with E-state index in [0.29, 0.717) is 12.1 Å². The zero-order valence-corrected chi connectivity index (χ0v) is 12.9. The molecule has 25 heavy (non-hydrogen) atoms. The Morgan fingerprint density at radius 1 is 1.40 bits per heavy atom. The minimum absolute atomic E-state index is 0.327. The summed E-state index contributed by atoms with van der Waals surface area (Å²) in [6, 6.07) is 1.14. The number of carbonyl (C=O) groups is 3. The normalized spacial score (nSPS) is 20.5. The first-order valence-corrected chi connectivity index (χ1v) is 6.75. The summed E-state index contributed by atoms with van der Waals surface area (Å²) in [5.74, 6) is -9.15. The van der Waals surface area contributed by atoms with Crippen LogP contribution < -0.4 is 15.4 Å². The molecule has 4 N–H and O–H groups in total. The van der Waals surface area contributed by atoms with Crippen LogP contribution in [0.15, 0.2) is 12.1 Å². The molecule has 136 valence electrons. The van der Waals surface area contributed by atoms with Gasteiger partial charge in [0.2, 0.25) is 12.2 Å². The molecule has 8 nitrogen and oxygen atoms in total. The number of hydrogen-bond donors (Lipinski definition) is 4. The average molecular weight is 362 g/mol. The van der Waals surface area contributed by atoms with Crippen molar-refractivity contribution in [1.82, 2.24) is 5.32 Å². The summed E-state index contributed by atoms with van der Waals surface area (Å²) in [6.07, 6.45) is -3.13. The smallest absolute Gasteiger partial charge is 0.350 e. The Balaban J connectivity index is 2.65. The predicted molar refractivity (Wildman–Crippen MR) is 75.8 cm³/mol. The van der Waals surface area contributed by atoms with Crippen molar-refractivity contribution in [2.75, 3.05) is 12.4 Å². The van der Waals surface area contributed by atoms with Gasteiger partial charge in [-0.3, -0.25) is 9.59 Å². The lowest BCUT2D eigenvalue weighted by molar-refractivity contribution is -0.164. The number of aliphatic hydroxyl groups is 1. The van der Waals surface area contributed by atoms with Gasteiger partial charge in [-0.25, -0.2) is 9.18 Å². The van der Waals surface area contributed by atoms with Crippen LogP contribution in [0.3, 0.4) is 0 Å². The van der Waals surface area contributed by atoms with E-state index in [-0.39, 0.29) is 5.69 Å². The second-order valence-corrected chi connectivity index (χ2v) is 5.26. The Labute approximate surface area is 138 Å². The lowest BCUT2D eigenvalue weighted by atomic mass is 9.92. The zero-order valence-electron chi connectivity index (χ0n) is 12.9. The SMILES string of the molecule is COc1cc(C(F)(F)C(F)NC(C)=O)cc2c1NC(=O)C2(O)C(=O)O. The minimum Gasteiger partial charge on any atom is -0.495 e. The fourth-order valence-electron chi connectivity index (χ4n) is 2.34. The molecule has 2 atom stereocenters. The Morgan fingerprint density at radius 3 is 2.48 bits per heavy atom. The molecule has 1 aromatic carbocycles. The molecule has 1 heterocycles. The van der Waals surface area contributed by atoms with Crippen molar-refractivity contribution in [1.29, 1.82) is 0 Å². The van der Waals surface area contributed by atoms with Crippen molar-refractivity contribution in [3.05, 3.63) is 23.3 Å². The molecule has 1 aromatic rings. The summed E-state index contributed by atoms with van der Waals surface area (Å²) in [5, 5.41) is 22.6. The number of fused-ring (bicyclic) bond motifs is 1. The van der Waals surface area contributed by atoms with Crippen molar-refractivity contribution in [2.24, 2.45) is 0 Å². The van der Waals surface area contributed by atoms with E-state index in [1.54, 1.807) is 0 Å². The Morgan fingerprint density at radius 2 is 2.00 bits per heavy atom. The zero-order chi connectivity index (χ0) is 19.2. The van der Waals surface area contributed by atoms with Gasteiger partial charge in [-0.15, -0.1) is 0 Å². The Bertz CT molecular complexity index is 769. The van der Waals surface area contributed by atoms with Crippen LogP contribution in [0.2, 0.25) is 0 Å². The molecule has 1 aliphatic rings. The van der Waals surface area contributed by atoms with E-state index in [2.05, 4.69) is 0 Å². The number of carboxylic acids is 1. The van der Waals surface area contributed by atoms with Crippen LogP contribution in [0.4, 0.5) is 18.9 Å².